The van der Waals surface area contributed by atoms with Crippen LogP contribution in [0.4, 0.5) is 11.4 Å². The van der Waals surface area contributed by atoms with E-state index in [1.165, 1.54) is 12.1 Å². The van der Waals surface area contributed by atoms with Gasteiger partial charge < -0.3 is 10.1 Å². The quantitative estimate of drug-likeness (QED) is 0.587. The third-order valence-electron chi connectivity index (χ3n) is 5.23. The summed E-state index contributed by atoms with van der Waals surface area (Å²) in [6.45, 7) is 2.17. The van der Waals surface area contributed by atoms with Gasteiger partial charge in [-0.25, -0.2) is 0 Å². The van der Waals surface area contributed by atoms with E-state index < -0.39 is 4.92 Å². The lowest BCUT2D eigenvalue weighted by Crippen LogP contribution is -2.32. The van der Waals surface area contributed by atoms with Crippen LogP contribution in [0.1, 0.15) is 37.8 Å². The second-order valence-electron chi connectivity index (χ2n) is 7.15. The summed E-state index contributed by atoms with van der Waals surface area (Å²) in [4.78, 5) is 23.2. The molecule has 142 valence electrons. The van der Waals surface area contributed by atoms with Crippen molar-refractivity contribution in [1.82, 2.24) is 0 Å². The van der Waals surface area contributed by atoms with E-state index in [-0.39, 0.29) is 23.4 Å². The Kier molecular flexibility index (Phi) is 5.74. The summed E-state index contributed by atoms with van der Waals surface area (Å²) in [6, 6.07) is 13.8. The lowest BCUT2D eigenvalue weighted by molar-refractivity contribution is -0.384. The van der Waals surface area contributed by atoms with Crippen molar-refractivity contribution in [2.45, 2.75) is 32.2 Å². The SMILES string of the molecule is COc1ccc(N[C@H](c2ccc([N+](=O)[O-])cc2)[C@@H]2C[C@@H](C)CCC2=O)cc1. The predicted molar refractivity (Wildman–Crippen MR) is 104 cm³/mol. The Morgan fingerprint density at radius 1 is 1.15 bits per heavy atom. The summed E-state index contributed by atoms with van der Waals surface area (Å²) in [5.41, 5.74) is 1.80. The Morgan fingerprint density at radius 2 is 1.81 bits per heavy atom. The molecule has 6 nitrogen and oxygen atoms in total. The van der Waals surface area contributed by atoms with E-state index in [0.29, 0.717) is 12.3 Å². The fourth-order valence-electron chi connectivity index (χ4n) is 3.67. The summed E-state index contributed by atoms with van der Waals surface area (Å²) in [5, 5.41) is 14.4. The second kappa shape index (κ2) is 8.20. The molecule has 27 heavy (non-hydrogen) atoms. The van der Waals surface area contributed by atoms with Crippen LogP contribution in [0.15, 0.2) is 48.5 Å². The highest BCUT2D eigenvalue weighted by molar-refractivity contribution is 5.83. The van der Waals surface area contributed by atoms with Crippen LogP contribution in [0.25, 0.3) is 0 Å². The number of ether oxygens (including phenoxy) is 1. The Balaban J connectivity index is 1.91. The summed E-state index contributed by atoms with van der Waals surface area (Å²) in [7, 11) is 1.62. The zero-order chi connectivity index (χ0) is 19.4. The lowest BCUT2D eigenvalue weighted by atomic mass is 9.75. The molecular formula is C21H24N2O4. The normalized spacial score (nSPS) is 20.7. The van der Waals surface area contributed by atoms with Gasteiger partial charge in [-0.2, -0.15) is 0 Å². The molecule has 1 aliphatic carbocycles. The molecule has 0 spiro atoms. The van der Waals surface area contributed by atoms with Crippen LogP contribution < -0.4 is 10.1 Å². The molecule has 1 saturated carbocycles. The number of Topliss-reactive ketones (excluding diaryl/α,β-unsaturated/α-hetero) is 1. The molecule has 0 aliphatic heterocycles. The van der Waals surface area contributed by atoms with E-state index >= 15 is 0 Å². The number of nitro groups is 1. The molecular weight excluding hydrogens is 344 g/mol. The molecule has 0 amide bonds. The molecule has 0 heterocycles. The van der Waals surface area contributed by atoms with Crippen LogP contribution in [0.3, 0.4) is 0 Å². The van der Waals surface area contributed by atoms with Crippen LogP contribution >= 0.6 is 0 Å². The number of non-ortho nitro benzene ring substituents is 1. The molecule has 0 unspecified atom stereocenters. The Labute approximate surface area is 158 Å². The van der Waals surface area contributed by atoms with Crippen molar-refractivity contribution in [3.63, 3.8) is 0 Å². The standard InChI is InChI=1S/C21H24N2O4/c1-14-3-12-20(24)19(13-14)21(15-4-8-17(9-5-15)23(25)26)22-16-6-10-18(27-2)11-7-16/h4-11,14,19,21-22H,3,12-13H2,1-2H3/t14-,19+,21+/m0/s1. The monoisotopic (exact) mass is 368 g/mol. The smallest absolute Gasteiger partial charge is 0.269 e. The molecule has 1 fully saturated rings. The van der Waals surface area contributed by atoms with Crippen molar-refractivity contribution < 1.29 is 14.5 Å². The first-order valence-corrected chi connectivity index (χ1v) is 9.15. The van der Waals surface area contributed by atoms with Gasteiger partial charge in [-0.3, -0.25) is 14.9 Å². The molecule has 1 aliphatic rings. The maximum atomic E-state index is 12.7. The van der Waals surface area contributed by atoms with Gasteiger partial charge >= 0.3 is 0 Å². The zero-order valence-electron chi connectivity index (χ0n) is 15.6. The number of nitrogens with one attached hydrogen (secondary N) is 1. The minimum atomic E-state index is -0.413. The molecule has 0 saturated heterocycles. The van der Waals surface area contributed by atoms with Gasteiger partial charge in [0.1, 0.15) is 11.5 Å². The molecule has 2 aromatic carbocycles. The van der Waals surface area contributed by atoms with Crippen LogP contribution in [0.5, 0.6) is 5.75 Å². The first-order chi connectivity index (χ1) is 13.0. The second-order valence-corrected chi connectivity index (χ2v) is 7.15. The number of methoxy groups -OCH3 is 1. The number of hydrogen-bond acceptors (Lipinski definition) is 5. The number of carbonyl (C=O) groups excluding carboxylic acids is 1. The minimum absolute atomic E-state index is 0.0466. The van der Waals surface area contributed by atoms with Crippen LogP contribution in [-0.4, -0.2) is 17.8 Å². The van der Waals surface area contributed by atoms with Gasteiger partial charge in [-0.15, -0.1) is 0 Å². The number of benzene rings is 2. The highest BCUT2D eigenvalue weighted by atomic mass is 16.6. The van der Waals surface area contributed by atoms with Crippen molar-refractivity contribution in [1.29, 1.82) is 0 Å². The topological polar surface area (TPSA) is 81.5 Å². The van der Waals surface area contributed by atoms with Crippen molar-refractivity contribution in [3.05, 3.63) is 64.2 Å². The Hall–Kier alpha value is -2.89. The lowest BCUT2D eigenvalue weighted by Gasteiger charge is -2.33. The van der Waals surface area contributed by atoms with Gasteiger partial charge in [-0.05, 0) is 48.6 Å². The fraction of sp³-hybridized carbons (Fsp3) is 0.381. The highest BCUT2D eigenvalue weighted by Gasteiger charge is 2.34. The van der Waals surface area contributed by atoms with E-state index in [0.717, 1.165) is 29.8 Å². The van der Waals surface area contributed by atoms with E-state index in [4.69, 9.17) is 4.74 Å². The van der Waals surface area contributed by atoms with E-state index in [1.807, 2.05) is 24.3 Å². The molecule has 3 rings (SSSR count). The maximum absolute atomic E-state index is 12.7. The van der Waals surface area contributed by atoms with Crippen molar-refractivity contribution >= 4 is 17.2 Å². The van der Waals surface area contributed by atoms with E-state index in [2.05, 4.69) is 12.2 Å². The summed E-state index contributed by atoms with van der Waals surface area (Å²) in [6.07, 6.45) is 2.31. The van der Waals surface area contributed by atoms with E-state index in [1.54, 1.807) is 19.2 Å². The minimum Gasteiger partial charge on any atom is -0.497 e. The number of nitro benzene ring substituents is 1. The third-order valence-corrected chi connectivity index (χ3v) is 5.23. The van der Waals surface area contributed by atoms with Gasteiger partial charge in [0.05, 0.1) is 18.1 Å². The first-order valence-electron chi connectivity index (χ1n) is 9.15. The van der Waals surface area contributed by atoms with Crippen molar-refractivity contribution in [2.75, 3.05) is 12.4 Å². The molecule has 3 atom stereocenters. The molecule has 1 N–H and O–H groups in total. The first kappa shape index (κ1) is 18.9. The summed E-state index contributed by atoms with van der Waals surface area (Å²) in [5.74, 6) is 1.33. The van der Waals surface area contributed by atoms with Crippen molar-refractivity contribution in [2.24, 2.45) is 11.8 Å². The van der Waals surface area contributed by atoms with Gasteiger partial charge in [0.2, 0.25) is 0 Å². The number of carbonyl (C=O) groups is 1. The summed E-state index contributed by atoms with van der Waals surface area (Å²) < 4.78 is 5.20. The van der Waals surface area contributed by atoms with Crippen LogP contribution in [0, 0.1) is 22.0 Å². The van der Waals surface area contributed by atoms with Crippen LogP contribution in [-0.2, 0) is 4.79 Å². The Morgan fingerprint density at radius 3 is 2.41 bits per heavy atom. The number of nitrogens with zero attached hydrogens (tertiary/aromatic N) is 1. The number of ketones is 1. The van der Waals surface area contributed by atoms with E-state index in [9.17, 15) is 14.9 Å². The fourth-order valence-corrected chi connectivity index (χ4v) is 3.67. The average molecular weight is 368 g/mol. The summed E-state index contributed by atoms with van der Waals surface area (Å²) >= 11 is 0. The number of hydrogen-bond donors (Lipinski definition) is 1. The molecule has 0 bridgehead atoms. The maximum Gasteiger partial charge on any atom is 0.269 e. The molecule has 2 aromatic rings. The number of rotatable bonds is 6. The van der Waals surface area contributed by atoms with Gasteiger partial charge in [-0.1, -0.05) is 19.1 Å². The van der Waals surface area contributed by atoms with Gasteiger partial charge in [0.25, 0.3) is 5.69 Å². The molecule has 0 radical (unpaired) electrons. The highest BCUT2D eigenvalue weighted by Crippen LogP contribution is 2.37. The third kappa shape index (κ3) is 4.45. The van der Waals surface area contributed by atoms with Crippen molar-refractivity contribution in [3.8, 4) is 5.75 Å². The van der Waals surface area contributed by atoms with Gasteiger partial charge in [0, 0.05) is 30.2 Å². The largest absolute Gasteiger partial charge is 0.497 e. The zero-order valence-corrected chi connectivity index (χ0v) is 15.6. The molecule has 0 aromatic heterocycles. The van der Waals surface area contributed by atoms with Gasteiger partial charge in [0.15, 0.2) is 0 Å². The van der Waals surface area contributed by atoms with Crippen LogP contribution in [0.2, 0.25) is 0 Å². The Bertz CT molecular complexity index is 802. The average Bonchev–Trinajstić information content (AvgIpc) is 2.69. The predicted octanol–water partition coefficient (Wildman–Crippen LogP) is 4.76. The molecule has 6 heteroatoms. The number of anilines is 1.